The van der Waals surface area contributed by atoms with Crippen molar-refractivity contribution < 1.29 is 19.4 Å². The number of amides is 1. The number of methoxy groups -OCH3 is 1. The summed E-state index contributed by atoms with van der Waals surface area (Å²) in [7, 11) is 1.60. The van der Waals surface area contributed by atoms with Crippen LogP contribution in [0.2, 0.25) is 0 Å². The van der Waals surface area contributed by atoms with E-state index in [1.165, 1.54) is 0 Å². The molecule has 0 saturated carbocycles. The number of aromatic amines is 1. The molecule has 3 heterocycles. The Hall–Kier alpha value is -3.23. The highest BCUT2D eigenvalue weighted by molar-refractivity contribution is 6.23. The van der Waals surface area contributed by atoms with Gasteiger partial charge >= 0.3 is 6.09 Å². The second-order valence-electron chi connectivity index (χ2n) is 7.18. The highest BCUT2D eigenvalue weighted by Crippen LogP contribution is 2.31. The van der Waals surface area contributed by atoms with Gasteiger partial charge in [-0.25, -0.2) is 9.78 Å². The minimum Gasteiger partial charge on any atom is -0.510 e. The van der Waals surface area contributed by atoms with Crippen molar-refractivity contribution in [2.24, 2.45) is 0 Å². The first-order valence-corrected chi connectivity index (χ1v) is 9.75. The molecular formula is C20H25N5O4. The number of carbonyl (C=O) groups is 1. The highest BCUT2D eigenvalue weighted by atomic mass is 16.6. The summed E-state index contributed by atoms with van der Waals surface area (Å²) < 4.78 is 10.3. The van der Waals surface area contributed by atoms with Crippen LogP contribution in [-0.2, 0) is 4.74 Å². The molecule has 9 nitrogen and oxygen atoms in total. The molecule has 1 amide bonds. The molecule has 0 bridgehead atoms. The first-order chi connectivity index (χ1) is 14.0. The molecule has 2 aliphatic rings. The Balaban J connectivity index is 1.48. The van der Waals surface area contributed by atoms with Crippen LogP contribution in [-0.4, -0.2) is 76.2 Å². The first kappa shape index (κ1) is 19.1. The van der Waals surface area contributed by atoms with Crippen molar-refractivity contribution in [1.29, 1.82) is 5.41 Å². The Labute approximate surface area is 168 Å². The van der Waals surface area contributed by atoms with Gasteiger partial charge in [0.1, 0.15) is 23.2 Å². The molecule has 0 atom stereocenters. The van der Waals surface area contributed by atoms with Crippen LogP contribution in [0.4, 0.5) is 4.79 Å². The van der Waals surface area contributed by atoms with Crippen molar-refractivity contribution in [3.63, 3.8) is 0 Å². The third-order valence-electron chi connectivity index (χ3n) is 5.49. The van der Waals surface area contributed by atoms with Gasteiger partial charge in [0.2, 0.25) is 0 Å². The summed E-state index contributed by atoms with van der Waals surface area (Å²) in [6.45, 7) is 3.58. The number of likely N-dealkylation sites (tertiary alicyclic amines) is 1. The van der Waals surface area contributed by atoms with Gasteiger partial charge in [-0.05, 0) is 31.9 Å². The SMILES string of the molecule is CCOC(=O)N1CCC(N2CC(O)=C(c3nc4ccc(OC)cc4[nH]3)C2=N)CC1. The second-order valence-corrected chi connectivity index (χ2v) is 7.18. The third-order valence-corrected chi connectivity index (χ3v) is 5.49. The Morgan fingerprint density at radius 1 is 1.38 bits per heavy atom. The smallest absolute Gasteiger partial charge is 0.409 e. The number of fused-ring (bicyclic) bond motifs is 1. The molecular weight excluding hydrogens is 374 g/mol. The summed E-state index contributed by atoms with van der Waals surface area (Å²) in [5.41, 5.74) is 1.96. The number of aliphatic hydroxyl groups excluding tert-OH is 1. The van der Waals surface area contributed by atoms with Crippen LogP contribution in [0.5, 0.6) is 5.75 Å². The number of imidazole rings is 1. The number of hydrogen-bond donors (Lipinski definition) is 3. The van der Waals surface area contributed by atoms with Crippen LogP contribution in [0.15, 0.2) is 24.0 Å². The fourth-order valence-corrected chi connectivity index (χ4v) is 3.97. The van der Waals surface area contributed by atoms with Crippen molar-refractivity contribution in [3.8, 4) is 5.75 Å². The quantitative estimate of drug-likeness (QED) is 0.728. The monoisotopic (exact) mass is 399 g/mol. The fourth-order valence-electron chi connectivity index (χ4n) is 3.97. The van der Waals surface area contributed by atoms with Crippen LogP contribution in [0.3, 0.4) is 0 Å². The molecule has 1 saturated heterocycles. The molecule has 3 N–H and O–H groups in total. The number of carbonyl (C=O) groups excluding carboxylic acids is 1. The van der Waals surface area contributed by atoms with E-state index in [2.05, 4.69) is 9.97 Å². The number of nitrogens with one attached hydrogen (secondary N) is 2. The normalized spacial score (nSPS) is 18.1. The number of rotatable bonds is 4. The van der Waals surface area contributed by atoms with Crippen LogP contribution in [0.1, 0.15) is 25.6 Å². The Morgan fingerprint density at radius 3 is 2.83 bits per heavy atom. The lowest BCUT2D eigenvalue weighted by atomic mass is 10.0. The molecule has 29 heavy (non-hydrogen) atoms. The van der Waals surface area contributed by atoms with Crippen molar-refractivity contribution in [1.82, 2.24) is 19.8 Å². The summed E-state index contributed by atoms with van der Waals surface area (Å²) >= 11 is 0. The van der Waals surface area contributed by atoms with Crippen LogP contribution in [0, 0.1) is 5.41 Å². The van der Waals surface area contributed by atoms with Crippen LogP contribution in [0.25, 0.3) is 16.6 Å². The average Bonchev–Trinajstić information content (AvgIpc) is 3.27. The van der Waals surface area contributed by atoms with Crippen LogP contribution >= 0.6 is 0 Å². The van der Waals surface area contributed by atoms with E-state index < -0.39 is 0 Å². The lowest BCUT2D eigenvalue weighted by Crippen LogP contribution is -2.47. The van der Waals surface area contributed by atoms with Gasteiger partial charge in [-0.3, -0.25) is 5.41 Å². The summed E-state index contributed by atoms with van der Waals surface area (Å²) in [5.74, 6) is 1.57. The third kappa shape index (κ3) is 3.48. The van der Waals surface area contributed by atoms with Gasteiger partial charge in [0.15, 0.2) is 0 Å². The number of benzene rings is 1. The Morgan fingerprint density at radius 2 is 2.14 bits per heavy atom. The zero-order valence-electron chi connectivity index (χ0n) is 16.6. The van der Waals surface area contributed by atoms with Gasteiger partial charge in [-0.2, -0.15) is 0 Å². The number of hydrogen-bond acceptors (Lipinski definition) is 6. The maximum atomic E-state index is 11.9. The van der Waals surface area contributed by atoms with Gasteiger partial charge in [0.25, 0.3) is 0 Å². The molecule has 0 unspecified atom stereocenters. The predicted octanol–water partition coefficient (Wildman–Crippen LogP) is 2.75. The molecule has 1 fully saturated rings. The van der Waals surface area contributed by atoms with Gasteiger partial charge in [-0.1, -0.05) is 0 Å². The molecule has 2 aliphatic heterocycles. The van der Waals surface area contributed by atoms with Crippen molar-refractivity contribution in [2.45, 2.75) is 25.8 Å². The number of nitrogens with zero attached hydrogens (tertiary/aromatic N) is 3. The van der Waals surface area contributed by atoms with E-state index >= 15 is 0 Å². The van der Waals surface area contributed by atoms with Gasteiger partial charge in [0, 0.05) is 25.2 Å². The standard InChI is InChI=1S/C20H25N5O4/c1-3-29-20(27)24-8-6-12(7-9-24)25-11-16(26)17(18(25)21)19-22-14-5-4-13(28-2)10-15(14)23-19/h4-5,10,12,21,26H,3,6-9,11H2,1-2H3,(H,22,23). The molecule has 0 radical (unpaired) electrons. The summed E-state index contributed by atoms with van der Waals surface area (Å²) in [4.78, 5) is 23.2. The number of H-pyrrole nitrogens is 1. The number of aliphatic hydroxyl groups is 1. The molecule has 0 aliphatic carbocycles. The van der Waals surface area contributed by atoms with E-state index in [0.29, 0.717) is 36.8 Å². The maximum absolute atomic E-state index is 11.9. The van der Waals surface area contributed by atoms with E-state index in [1.807, 2.05) is 23.1 Å². The van der Waals surface area contributed by atoms with Crippen molar-refractivity contribution >= 4 is 28.5 Å². The number of amidine groups is 1. The van der Waals surface area contributed by atoms with E-state index in [-0.39, 0.29) is 30.3 Å². The summed E-state index contributed by atoms with van der Waals surface area (Å²) in [6.07, 6.45) is 1.15. The number of piperidine rings is 1. The zero-order valence-corrected chi connectivity index (χ0v) is 16.6. The minimum absolute atomic E-state index is 0.0808. The summed E-state index contributed by atoms with van der Waals surface area (Å²) in [6, 6.07) is 5.58. The Kier molecular flexibility index (Phi) is 5.04. The minimum atomic E-state index is -0.290. The van der Waals surface area contributed by atoms with Gasteiger partial charge in [-0.15, -0.1) is 0 Å². The molecule has 4 rings (SSSR count). The molecule has 2 aromatic rings. The highest BCUT2D eigenvalue weighted by Gasteiger charge is 2.36. The number of ether oxygens (including phenoxy) is 2. The Bertz CT molecular complexity index is 974. The van der Waals surface area contributed by atoms with Gasteiger partial charge < -0.3 is 29.4 Å². The van der Waals surface area contributed by atoms with E-state index in [4.69, 9.17) is 14.9 Å². The second kappa shape index (κ2) is 7.65. The average molecular weight is 399 g/mol. The largest absolute Gasteiger partial charge is 0.510 e. The van der Waals surface area contributed by atoms with E-state index in [0.717, 1.165) is 23.9 Å². The predicted molar refractivity (Wildman–Crippen MR) is 108 cm³/mol. The fraction of sp³-hybridized carbons (Fsp3) is 0.450. The number of aromatic nitrogens is 2. The topological polar surface area (TPSA) is 115 Å². The lowest BCUT2D eigenvalue weighted by molar-refractivity contribution is 0.0876. The lowest BCUT2D eigenvalue weighted by Gasteiger charge is -2.37. The molecule has 154 valence electrons. The summed E-state index contributed by atoms with van der Waals surface area (Å²) in [5, 5.41) is 19.2. The maximum Gasteiger partial charge on any atom is 0.409 e. The van der Waals surface area contributed by atoms with Crippen LogP contribution < -0.4 is 4.74 Å². The zero-order chi connectivity index (χ0) is 20.5. The molecule has 0 spiro atoms. The molecule has 1 aromatic carbocycles. The van der Waals surface area contributed by atoms with E-state index in [1.54, 1.807) is 18.9 Å². The van der Waals surface area contributed by atoms with Crippen molar-refractivity contribution in [3.05, 3.63) is 29.8 Å². The van der Waals surface area contributed by atoms with Gasteiger partial charge in [0.05, 0.1) is 36.9 Å². The van der Waals surface area contributed by atoms with E-state index in [9.17, 15) is 9.90 Å². The van der Waals surface area contributed by atoms with Crippen molar-refractivity contribution in [2.75, 3.05) is 33.4 Å². The molecule has 1 aromatic heterocycles. The molecule has 9 heteroatoms. The first-order valence-electron chi connectivity index (χ1n) is 9.75.